The molecule has 0 saturated carbocycles. The van der Waals surface area contributed by atoms with Crippen LogP contribution in [0.2, 0.25) is 0 Å². The lowest BCUT2D eigenvalue weighted by Crippen LogP contribution is -2.25. The molecule has 0 unspecified atom stereocenters. The fourth-order valence-corrected chi connectivity index (χ4v) is 2.55. The van der Waals surface area contributed by atoms with Crippen molar-refractivity contribution in [1.29, 1.82) is 0 Å². The van der Waals surface area contributed by atoms with Crippen LogP contribution < -0.4 is 0 Å². The topological polar surface area (TPSA) is 63.6 Å². The molecule has 0 spiro atoms. The molecule has 4 heteroatoms. The van der Waals surface area contributed by atoms with E-state index in [-0.39, 0.29) is 0 Å². The summed E-state index contributed by atoms with van der Waals surface area (Å²) in [7, 11) is 0. The number of carbonyl (C=O) groups is 2. The Hall–Kier alpha value is -1.32. The maximum absolute atomic E-state index is 11.7. The van der Waals surface area contributed by atoms with Crippen LogP contribution in [-0.2, 0) is 14.3 Å². The molecule has 108 valence electrons. The van der Waals surface area contributed by atoms with Crippen molar-refractivity contribution in [1.82, 2.24) is 0 Å². The van der Waals surface area contributed by atoms with E-state index in [9.17, 15) is 14.7 Å². The van der Waals surface area contributed by atoms with Crippen LogP contribution in [0.4, 0.5) is 0 Å². The largest absolute Gasteiger partial charge is 0.481 e. The van der Waals surface area contributed by atoms with Crippen LogP contribution in [0.15, 0.2) is 11.1 Å². The van der Waals surface area contributed by atoms with E-state index in [2.05, 4.69) is 6.92 Å². The lowest BCUT2D eigenvalue weighted by atomic mass is 9.90. The van der Waals surface area contributed by atoms with E-state index in [1.54, 1.807) is 13.8 Å². The van der Waals surface area contributed by atoms with Gasteiger partial charge < -0.3 is 9.84 Å². The number of allylic oxidation sites excluding steroid dienone is 1. The summed E-state index contributed by atoms with van der Waals surface area (Å²) in [4.78, 5) is 23.1. The monoisotopic (exact) mass is 268 g/mol. The molecule has 0 aromatic carbocycles. The van der Waals surface area contributed by atoms with Crippen LogP contribution in [0.25, 0.3) is 0 Å². The molecule has 1 fully saturated rings. The molecule has 0 bridgehead atoms. The number of rotatable bonds is 7. The summed E-state index contributed by atoms with van der Waals surface area (Å²) in [6, 6.07) is 0. The van der Waals surface area contributed by atoms with Gasteiger partial charge in [0.05, 0.1) is 5.57 Å². The van der Waals surface area contributed by atoms with Gasteiger partial charge in [0, 0.05) is 0 Å². The zero-order valence-corrected chi connectivity index (χ0v) is 12.1. The smallest absolute Gasteiger partial charge is 0.335 e. The molecule has 0 radical (unpaired) electrons. The number of hydrogen-bond donors (Lipinski definition) is 1. The molecule has 1 saturated heterocycles. The highest BCUT2D eigenvalue weighted by Crippen LogP contribution is 2.33. The maximum atomic E-state index is 11.7. The molecule has 1 aliphatic heterocycles. The van der Waals surface area contributed by atoms with E-state index in [4.69, 9.17) is 4.74 Å². The van der Waals surface area contributed by atoms with Crippen LogP contribution in [-0.4, -0.2) is 23.1 Å². The fraction of sp³-hybridized carbons (Fsp3) is 0.733. The van der Waals surface area contributed by atoms with Gasteiger partial charge in [0.1, 0.15) is 12.0 Å². The van der Waals surface area contributed by atoms with Gasteiger partial charge in [-0.2, -0.15) is 0 Å². The average Bonchev–Trinajstić information content (AvgIpc) is 2.66. The van der Waals surface area contributed by atoms with Gasteiger partial charge in [0.2, 0.25) is 0 Å². The predicted molar refractivity (Wildman–Crippen MR) is 72.8 cm³/mol. The van der Waals surface area contributed by atoms with Gasteiger partial charge in [-0.1, -0.05) is 38.2 Å². The van der Waals surface area contributed by atoms with Gasteiger partial charge in [-0.25, -0.2) is 4.79 Å². The van der Waals surface area contributed by atoms with Crippen molar-refractivity contribution < 1.29 is 19.4 Å². The van der Waals surface area contributed by atoms with Gasteiger partial charge >= 0.3 is 11.9 Å². The number of carboxylic acids is 1. The Morgan fingerprint density at radius 1 is 1.21 bits per heavy atom. The van der Waals surface area contributed by atoms with Crippen LogP contribution in [0.1, 0.15) is 59.3 Å². The fourth-order valence-electron chi connectivity index (χ4n) is 2.55. The van der Waals surface area contributed by atoms with Crippen LogP contribution in [0.5, 0.6) is 0 Å². The highest BCUT2D eigenvalue weighted by atomic mass is 16.6. The second-order valence-corrected chi connectivity index (χ2v) is 5.38. The number of cyclic esters (lactones) is 1. The highest BCUT2D eigenvalue weighted by Gasteiger charge is 2.44. The molecule has 1 rings (SSSR count). The van der Waals surface area contributed by atoms with Crippen LogP contribution in [0, 0.1) is 5.92 Å². The Labute approximate surface area is 114 Å². The number of esters is 1. The first-order valence-corrected chi connectivity index (χ1v) is 7.10. The van der Waals surface area contributed by atoms with E-state index in [0.717, 1.165) is 24.8 Å². The van der Waals surface area contributed by atoms with E-state index >= 15 is 0 Å². The summed E-state index contributed by atoms with van der Waals surface area (Å²) < 4.78 is 5.24. The zero-order valence-electron chi connectivity index (χ0n) is 12.1. The van der Waals surface area contributed by atoms with E-state index in [0.29, 0.717) is 12.0 Å². The molecule has 1 N–H and O–H groups in total. The minimum atomic E-state index is -0.958. The minimum absolute atomic E-state index is 0.339. The number of carboxylic acid groups (broad SMARTS) is 1. The van der Waals surface area contributed by atoms with Crippen molar-refractivity contribution in [2.75, 3.05) is 0 Å². The Bertz CT molecular complexity index is 366. The van der Waals surface area contributed by atoms with Gasteiger partial charge in [-0.05, 0) is 26.7 Å². The zero-order chi connectivity index (χ0) is 14.4. The Balaban J connectivity index is 2.61. The lowest BCUT2D eigenvalue weighted by molar-refractivity contribution is -0.144. The quantitative estimate of drug-likeness (QED) is 0.437. The highest BCUT2D eigenvalue weighted by molar-refractivity contribution is 5.98. The number of aliphatic carboxylic acids is 1. The first-order valence-electron chi connectivity index (χ1n) is 7.10. The van der Waals surface area contributed by atoms with Gasteiger partial charge in [-0.15, -0.1) is 0 Å². The van der Waals surface area contributed by atoms with Crippen molar-refractivity contribution >= 4 is 11.9 Å². The standard InChI is InChI=1S/C15H24O4/c1-4-5-6-7-8-9-11-13(14(16)17)12(10(2)3)15(18)19-11/h11,13H,4-9H2,1-3H3,(H,16,17)/t11-,13-/m1/s1. The van der Waals surface area contributed by atoms with Gasteiger partial charge in [0.15, 0.2) is 0 Å². The lowest BCUT2D eigenvalue weighted by Gasteiger charge is -2.14. The molecular formula is C15H24O4. The van der Waals surface area contributed by atoms with Gasteiger partial charge in [-0.3, -0.25) is 4.79 Å². The van der Waals surface area contributed by atoms with Crippen molar-refractivity contribution in [3.8, 4) is 0 Å². The Kier molecular flexibility index (Phi) is 6.06. The third-order valence-corrected chi connectivity index (χ3v) is 3.56. The van der Waals surface area contributed by atoms with Crippen molar-refractivity contribution in [3.63, 3.8) is 0 Å². The Morgan fingerprint density at radius 2 is 1.84 bits per heavy atom. The van der Waals surface area contributed by atoms with Crippen molar-refractivity contribution in [3.05, 3.63) is 11.1 Å². The third kappa shape index (κ3) is 4.08. The molecule has 2 atom stereocenters. The SMILES string of the molecule is CCCCCCC[C@H]1OC(=O)C(=C(C)C)[C@@H]1C(=O)O. The minimum Gasteiger partial charge on any atom is -0.481 e. The molecule has 19 heavy (non-hydrogen) atoms. The second kappa shape index (κ2) is 7.31. The predicted octanol–water partition coefficient (Wildman–Crippen LogP) is 3.31. The summed E-state index contributed by atoms with van der Waals surface area (Å²) in [6.45, 7) is 5.67. The van der Waals surface area contributed by atoms with Crippen molar-refractivity contribution in [2.24, 2.45) is 5.92 Å². The van der Waals surface area contributed by atoms with Crippen LogP contribution >= 0.6 is 0 Å². The Morgan fingerprint density at radius 3 is 2.37 bits per heavy atom. The van der Waals surface area contributed by atoms with E-state index in [1.165, 1.54) is 12.8 Å². The summed E-state index contributed by atoms with van der Waals surface area (Å²) in [5.74, 6) is -2.20. The second-order valence-electron chi connectivity index (χ2n) is 5.38. The number of hydrogen-bond acceptors (Lipinski definition) is 3. The molecule has 1 aliphatic rings. The average molecular weight is 268 g/mol. The van der Waals surface area contributed by atoms with Crippen molar-refractivity contribution in [2.45, 2.75) is 65.4 Å². The first kappa shape index (κ1) is 15.7. The molecular weight excluding hydrogens is 244 g/mol. The normalized spacial score (nSPS) is 22.5. The van der Waals surface area contributed by atoms with E-state index < -0.39 is 24.0 Å². The van der Waals surface area contributed by atoms with E-state index in [1.807, 2.05) is 0 Å². The molecule has 4 nitrogen and oxygen atoms in total. The van der Waals surface area contributed by atoms with Gasteiger partial charge in [0.25, 0.3) is 0 Å². The first-order chi connectivity index (χ1) is 8.99. The number of carbonyl (C=O) groups excluding carboxylic acids is 1. The molecule has 0 aliphatic carbocycles. The molecule has 1 heterocycles. The number of unbranched alkanes of at least 4 members (excludes halogenated alkanes) is 4. The maximum Gasteiger partial charge on any atom is 0.335 e. The van der Waals surface area contributed by atoms with Crippen LogP contribution in [0.3, 0.4) is 0 Å². The number of ether oxygens (including phenoxy) is 1. The molecule has 0 aromatic rings. The molecule has 0 amide bonds. The summed E-state index contributed by atoms with van der Waals surface area (Å²) in [5.41, 5.74) is 1.08. The third-order valence-electron chi connectivity index (χ3n) is 3.56. The summed E-state index contributed by atoms with van der Waals surface area (Å²) >= 11 is 0. The summed E-state index contributed by atoms with van der Waals surface area (Å²) in [5, 5.41) is 9.30. The summed E-state index contributed by atoms with van der Waals surface area (Å²) in [6.07, 6.45) is 5.67. The molecule has 0 aromatic heterocycles.